The van der Waals surface area contributed by atoms with Crippen LogP contribution in [0.25, 0.3) is 0 Å². The summed E-state index contributed by atoms with van der Waals surface area (Å²) in [6.07, 6.45) is 0. The maximum atomic E-state index is 9.02. The van der Waals surface area contributed by atoms with E-state index in [2.05, 4.69) is 0 Å². The van der Waals surface area contributed by atoms with Crippen molar-refractivity contribution in [2.24, 2.45) is 0 Å². The first-order chi connectivity index (χ1) is 8.03. The van der Waals surface area contributed by atoms with Crippen LogP contribution in [0.1, 0.15) is 13.7 Å². The number of halogens is 1. The molecule has 0 heterocycles. The highest BCUT2D eigenvalue weighted by atomic mass is 127. The van der Waals surface area contributed by atoms with Crippen LogP contribution in [0.4, 0.5) is 0 Å². The van der Waals surface area contributed by atoms with E-state index >= 15 is 0 Å². The van der Waals surface area contributed by atoms with Crippen molar-refractivity contribution in [1.29, 1.82) is 0 Å². The van der Waals surface area contributed by atoms with Gasteiger partial charge in [-0.05, 0) is 53.1 Å². The molecular formula is C8H10BIO3. The molecular weight excluding hydrogens is 282 g/mol. The van der Waals surface area contributed by atoms with Crippen molar-refractivity contribution >= 4 is 35.2 Å². The van der Waals surface area contributed by atoms with Gasteiger partial charge in [-0.15, -0.1) is 0 Å². The maximum Gasteiger partial charge on any atom is 0.488 e. The Morgan fingerprint density at radius 1 is 1.62 bits per heavy atom. The highest BCUT2D eigenvalue weighted by molar-refractivity contribution is 14.1. The SMILES string of the molecule is [2H]C([2H])([2H])C([2H])([2H])Oc1cc(I)cc(B(O)O)c1. The van der Waals surface area contributed by atoms with Gasteiger partial charge >= 0.3 is 7.12 Å². The second-order valence-corrected chi connectivity index (χ2v) is 3.54. The molecule has 0 bridgehead atoms. The van der Waals surface area contributed by atoms with Gasteiger partial charge in [-0.2, -0.15) is 0 Å². The summed E-state index contributed by atoms with van der Waals surface area (Å²) in [6, 6.07) is 4.04. The zero-order valence-electron chi connectivity index (χ0n) is 11.5. The Hall–Kier alpha value is -0.265. The van der Waals surface area contributed by atoms with Crippen molar-refractivity contribution in [2.75, 3.05) is 6.56 Å². The van der Waals surface area contributed by atoms with Crippen molar-refractivity contribution in [1.82, 2.24) is 0 Å². The predicted octanol–water partition coefficient (Wildman–Crippen LogP) is 0.370. The Kier molecular flexibility index (Phi) is 2.07. The number of hydrogen-bond acceptors (Lipinski definition) is 3. The molecule has 5 heteroatoms. The summed E-state index contributed by atoms with van der Waals surface area (Å²) in [6.45, 7) is -5.79. The lowest BCUT2D eigenvalue weighted by molar-refractivity contribution is 0.340. The van der Waals surface area contributed by atoms with Gasteiger partial charge in [-0.25, -0.2) is 0 Å². The molecule has 1 rings (SSSR count). The monoisotopic (exact) mass is 297 g/mol. The number of hydrogen-bond donors (Lipinski definition) is 2. The highest BCUT2D eigenvalue weighted by Crippen LogP contribution is 2.13. The summed E-state index contributed by atoms with van der Waals surface area (Å²) in [5.41, 5.74) is 0.0956. The zero-order valence-corrected chi connectivity index (χ0v) is 8.65. The average Bonchev–Trinajstić information content (AvgIpc) is 2.13. The molecule has 0 saturated heterocycles. The standard InChI is InChI=1S/C8H10BIO3/c1-2-13-8-4-6(9(11)12)3-7(10)5-8/h3-5,11-12H,2H2,1H3/i1D3,2D2. The molecule has 1 aromatic rings. The van der Waals surface area contributed by atoms with E-state index in [-0.39, 0.29) is 11.2 Å². The highest BCUT2D eigenvalue weighted by Gasteiger charge is 2.12. The smallest absolute Gasteiger partial charge is 0.488 e. The first kappa shape index (κ1) is 5.58. The van der Waals surface area contributed by atoms with Crippen LogP contribution in [0.15, 0.2) is 18.2 Å². The Balaban J connectivity index is 3.05. The number of rotatable bonds is 3. The molecule has 0 spiro atoms. The fraction of sp³-hybridized carbons (Fsp3) is 0.250. The van der Waals surface area contributed by atoms with Crippen LogP contribution in [0.2, 0.25) is 0 Å². The molecule has 0 aliphatic heterocycles. The topological polar surface area (TPSA) is 49.7 Å². The van der Waals surface area contributed by atoms with Gasteiger partial charge in [0.05, 0.1) is 9.30 Å². The van der Waals surface area contributed by atoms with Crippen LogP contribution in [0, 0.1) is 3.57 Å². The molecule has 3 nitrogen and oxygen atoms in total. The molecule has 0 amide bonds. The van der Waals surface area contributed by atoms with Crippen LogP contribution in [0.5, 0.6) is 5.75 Å². The van der Waals surface area contributed by atoms with E-state index in [9.17, 15) is 0 Å². The van der Waals surface area contributed by atoms with Gasteiger partial charge in [0.15, 0.2) is 0 Å². The summed E-state index contributed by atoms with van der Waals surface area (Å²) in [7, 11) is -1.74. The molecule has 0 fully saturated rings. The minimum Gasteiger partial charge on any atom is -0.494 e. The van der Waals surface area contributed by atoms with Crippen LogP contribution < -0.4 is 10.2 Å². The molecule has 13 heavy (non-hydrogen) atoms. The zero-order chi connectivity index (χ0) is 14.1. The lowest BCUT2D eigenvalue weighted by atomic mass is 9.80. The third kappa shape index (κ3) is 3.17. The first-order valence-corrected chi connectivity index (χ1v) is 4.46. The fourth-order valence-electron chi connectivity index (χ4n) is 0.851. The Morgan fingerprint density at radius 3 is 3.00 bits per heavy atom. The molecule has 0 radical (unpaired) electrons. The van der Waals surface area contributed by atoms with Crippen molar-refractivity contribution in [3.05, 3.63) is 21.8 Å². The van der Waals surface area contributed by atoms with E-state index in [1.807, 2.05) is 22.6 Å². The molecule has 0 aromatic heterocycles. The molecule has 70 valence electrons. The summed E-state index contributed by atoms with van der Waals surface area (Å²) >= 11 is 1.87. The van der Waals surface area contributed by atoms with Crippen LogP contribution >= 0.6 is 22.6 Å². The molecule has 0 aliphatic carbocycles. The molecule has 0 atom stereocenters. The Bertz CT molecular complexity index is 437. The number of benzene rings is 1. The van der Waals surface area contributed by atoms with Gasteiger partial charge in [0, 0.05) is 7.68 Å². The van der Waals surface area contributed by atoms with E-state index in [1.165, 1.54) is 18.2 Å². The summed E-state index contributed by atoms with van der Waals surface area (Å²) in [5.74, 6) is -0.0777. The van der Waals surface area contributed by atoms with Crippen LogP contribution in [-0.2, 0) is 0 Å². The first-order valence-electron chi connectivity index (χ1n) is 5.88. The van der Waals surface area contributed by atoms with Gasteiger partial charge in [0.1, 0.15) is 5.75 Å². The summed E-state index contributed by atoms with van der Waals surface area (Å²) in [4.78, 5) is 0. The van der Waals surface area contributed by atoms with E-state index in [1.54, 1.807) is 0 Å². The fourth-order valence-corrected chi connectivity index (χ4v) is 1.52. The van der Waals surface area contributed by atoms with Gasteiger partial charge in [0.25, 0.3) is 0 Å². The maximum absolute atomic E-state index is 9.02. The minimum absolute atomic E-state index is 0.0777. The molecule has 0 aliphatic rings. The second-order valence-electron chi connectivity index (χ2n) is 2.30. The summed E-state index contributed by atoms with van der Waals surface area (Å²) < 4.78 is 41.0. The normalized spacial score (nSPS) is 17.6. The molecule has 1 aromatic carbocycles. The second kappa shape index (κ2) is 4.83. The van der Waals surface area contributed by atoms with E-state index in [0.717, 1.165) is 0 Å². The van der Waals surface area contributed by atoms with Crippen molar-refractivity contribution in [3.63, 3.8) is 0 Å². The third-order valence-electron chi connectivity index (χ3n) is 1.36. The van der Waals surface area contributed by atoms with E-state index in [4.69, 9.17) is 21.6 Å². The largest absolute Gasteiger partial charge is 0.494 e. The predicted molar refractivity (Wildman–Crippen MR) is 60.2 cm³/mol. The van der Waals surface area contributed by atoms with Gasteiger partial charge < -0.3 is 14.8 Å². The van der Waals surface area contributed by atoms with Crippen LogP contribution in [0.3, 0.4) is 0 Å². The number of ether oxygens (including phenoxy) is 1. The van der Waals surface area contributed by atoms with Crippen molar-refractivity contribution in [3.8, 4) is 5.75 Å². The minimum atomic E-state index is -2.94. The lowest BCUT2D eigenvalue weighted by Crippen LogP contribution is -2.30. The average molecular weight is 297 g/mol. The Labute approximate surface area is 98.0 Å². The Morgan fingerprint density at radius 2 is 2.38 bits per heavy atom. The molecule has 0 unspecified atom stereocenters. The van der Waals surface area contributed by atoms with Gasteiger partial charge in [0.2, 0.25) is 0 Å². The van der Waals surface area contributed by atoms with Crippen molar-refractivity contribution < 1.29 is 21.6 Å². The van der Waals surface area contributed by atoms with Crippen LogP contribution in [-0.4, -0.2) is 23.7 Å². The van der Waals surface area contributed by atoms with Gasteiger partial charge in [-0.1, -0.05) is 0 Å². The molecule has 2 N–H and O–H groups in total. The van der Waals surface area contributed by atoms with E-state index in [0.29, 0.717) is 3.57 Å². The van der Waals surface area contributed by atoms with Crippen molar-refractivity contribution in [2.45, 2.75) is 6.85 Å². The molecule has 0 saturated carbocycles. The lowest BCUT2D eigenvalue weighted by Gasteiger charge is -2.06. The van der Waals surface area contributed by atoms with E-state index < -0.39 is 20.5 Å². The van der Waals surface area contributed by atoms with Gasteiger partial charge in [-0.3, -0.25) is 0 Å². The third-order valence-corrected chi connectivity index (χ3v) is 1.98. The summed E-state index contributed by atoms with van der Waals surface area (Å²) in [5, 5.41) is 18.0. The quantitative estimate of drug-likeness (QED) is 0.626.